The SMILES string of the molecule is CC(C)CCN(C(=O)c1ccc([N+](=O)[O-])c(Cl)c1)C1CC1. The molecule has 0 heterocycles. The van der Waals surface area contributed by atoms with Crippen molar-refractivity contribution in [2.45, 2.75) is 39.2 Å². The maximum atomic E-state index is 12.6. The minimum absolute atomic E-state index is 0.00505. The van der Waals surface area contributed by atoms with Gasteiger partial charge in [-0.3, -0.25) is 14.9 Å². The normalized spacial score (nSPS) is 14.3. The van der Waals surface area contributed by atoms with Crippen LogP contribution in [0.3, 0.4) is 0 Å². The highest BCUT2D eigenvalue weighted by atomic mass is 35.5. The van der Waals surface area contributed by atoms with Gasteiger partial charge in [-0.15, -0.1) is 0 Å². The Morgan fingerprint density at radius 3 is 2.62 bits per heavy atom. The molecule has 1 saturated carbocycles. The molecular formula is C15H19ClN2O3. The number of nitro benzene ring substituents is 1. The van der Waals surface area contributed by atoms with E-state index in [-0.39, 0.29) is 16.6 Å². The van der Waals surface area contributed by atoms with Crippen molar-refractivity contribution < 1.29 is 9.72 Å². The average Bonchev–Trinajstić information content (AvgIpc) is 3.22. The Bertz CT molecular complexity index is 556. The summed E-state index contributed by atoms with van der Waals surface area (Å²) in [7, 11) is 0. The molecule has 21 heavy (non-hydrogen) atoms. The number of carbonyl (C=O) groups is 1. The van der Waals surface area contributed by atoms with Gasteiger partial charge >= 0.3 is 0 Å². The molecule has 0 saturated heterocycles. The predicted molar refractivity (Wildman–Crippen MR) is 81.6 cm³/mol. The first-order chi connectivity index (χ1) is 9.90. The summed E-state index contributed by atoms with van der Waals surface area (Å²) in [5.41, 5.74) is 0.245. The van der Waals surface area contributed by atoms with Crippen LogP contribution in [0.5, 0.6) is 0 Å². The molecule has 1 aliphatic rings. The van der Waals surface area contributed by atoms with Crippen LogP contribution in [0.1, 0.15) is 43.5 Å². The molecule has 0 aromatic heterocycles. The summed E-state index contributed by atoms with van der Waals surface area (Å²) in [5.74, 6) is 0.439. The molecule has 2 rings (SSSR count). The molecule has 0 bridgehead atoms. The summed E-state index contributed by atoms with van der Waals surface area (Å²) in [4.78, 5) is 24.7. The van der Waals surface area contributed by atoms with Crippen LogP contribution in [-0.2, 0) is 0 Å². The molecule has 1 aliphatic carbocycles. The van der Waals surface area contributed by atoms with Crippen LogP contribution in [0, 0.1) is 16.0 Å². The minimum Gasteiger partial charge on any atom is -0.336 e. The quantitative estimate of drug-likeness (QED) is 0.591. The van der Waals surface area contributed by atoms with E-state index in [1.807, 2.05) is 4.90 Å². The monoisotopic (exact) mass is 310 g/mol. The van der Waals surface area contributed by atoms with Crippen molar-refractivity contribution in [3.05, 3.63) is 38.9 Å². The lowest BCUT2D eigenvalue weighted by Gasteiger charge is -2.23. The molecule has 0 aliphatic heterocycles. The van der Waals surface area contributed by atoms with Gasteiger partial charge in [0, 0.05) is 24.2 Å². The van der Waals surface area contributed by atoms with Gasteiger partial charge in [0.25, 0.3) is 11.6 Å². The molecule has 0 atom stereocenters. The number of hydrogen-bond acceptors (Lipinski definition) is 3. The molecule has 5 nitrogen and oxygen atoms in total. The summed E-state index contributed by atoms with van der Waals surface area (Å²) >= 11 is 5.88. The van der Waals surface area contributed by atoms with E-state index >= 15 is 0 Å². The van der Waals surface area contributed by atoms with Crippen molar-refractivity contribution in [2.24, 2.45) is 5.92 Å². The van der Waals surface area contributed by atoms with Gasteiger partial charge in [-0.25, -0.2) is 0 Å². The number of amides is 1. The number of nitrogens with zero attached hydrogens (tertiary/aromatic N) is 2. The van der Waals surface area contributed by atoms with Crippen molar-refractivity contribution in [1.82, 2.24) is 4.90 Å². The topological polar surface area (TPSA) is 63.5 Å². The third-order valence-electron chi connectivity index (χ3n) is 3.59. The van der Waals surface area contributed by atoms with E-state index in [1.165, 1.54) is 18.2 Å². The molecule has 0 unspecified atom stereocenters. The van der Waals surface area contributed by atoms with Crippen LogP contribution >= 0.6 is 11.6 Å². The third kappa shape index (κ3) is 3.94. The number of rotatable bonds is 6. The molecule has 1 fully saturated rings. The van der Waals surface area contributed by atoms with Crippen LogP contribution in [0.25, 0.3) is 0 Å². The number of hydrogen-bond donors (Lipinski definition) is 0. The van der Waals surface area contributed by atoms with Crippen LogP contribution in [0.2, 0.25) is 5.02 Å². The Labute approximate surface area is 129 Å². The first-order valence-electron chi connectivity index (χ1n) is 7.15. The Morgan fingerprint density at radius 2 is 2.14 bits per heavy atom. The van der Waals surface area contributed by atoms with Crippen LogP contribution in [-0.4, -0.2) is 28.3 Å². The van der Waals surface area contributed by atoms with E-state index in [1.54, 1.807) is 0 Å². The van der Waals surface area contributed by atoms with Crippen LogP contribution in [0.4, 0.5) is 5.69 Å². The highest BCUT2D eigenvalue weighted by Crippen LogP contribution is 2.31. The Hall–Kier alpha value is -1.62. The minimum atomic E-state index is -0.548. The summed E-state index contributed by atoms with van der Waals surface area (Å²) in [6.07, 6.45) is 3.01. The molecule has 0 radical (unpaired) electrons. The molecule has 0 N–H and O–H groups in total. The predicted octanol–water partition coefficient (Wildman–Crippen LogP) is 3.90. The maximum absolute atomic E-state index is 12.6. The van der Waals surface area contributed by atoms with Gasteiger partial charge in [-0.2, -0.15) is 0 Å². The second kappa shape index (κ2) is 6.43. The molecule has 6 heteroatoms. The fraction of sp³-hybridized carbons (Fsp3) is 0.533. The van der Waals surface area contributed by atoms with Crippen molar-refractivity contribution >= 4 is 23.2 Å². The fourth-order valence-electron chi connectivity index (χ4n) is 2.19. The van der Waals surface area contributed by atoms with Gasteiger partial charge in [-0.05, 0) is 37.3 Å². The first-order valence-corrected chi connectivity index (χ1v) is 7.53. The fourth-order valence-corrected chi connectivity index (χ4v) is 2.44. The summed E-state index contributed by atoms with van der Waals surface area (Å²) in [5, 5.41) is 10.8. The van der Waals surface area contributed by atoms with E-state index in [0.717, 1.165) is 25.8 Å². The van der Waals surface area contributed by atoms with Crippen molar-refractivity contribution in [1.29, 1.82) is 0 Å². The zero-order valence-corrected chi connectivity index (χ0v) is 13.0. The standard InChI is InChI=1S/C15H19ClN2O3/c1-10(2)7-8-17(12-4-5-12)15(19)11-3-6-14(18(20)21)13(16)9-11/h3,6,9-10,12H,4-5,7-8H2,1-2H3. The largest absolute Gasteiger partial charge is 0.336 e. The second-order valence-corrected chi connectivity index (χ2v) is 6.24. The smallest absolute Gasteiger partial charge is 0.287 e. The van der Waals surface area contributed by atoms with E-state index in [0.29, 0.717) is 17.5 Å². The van der Waals surface area contributed by atoms with Crippen molar-refractivity contribution in [2.75, 3.05) is 6.54 Å². The molecule has 1 aromatic carbocycles. The summed E-state index contributed by atoms with van der Waals surface area (Å²) in [6, 6.07) is 4.48. The van der Waals surface area contributed by atoms with Crippen molar-refractivity contribution in [3.63, 3.8) is 0 Å². The number of nitro groups is 1. The average molecular weight is 311 g/mol. The number of carbonyl (C=O) groups excluding carboxylic acids is 1. The molecule has 1 amide bonds. The summed E-state index contributed by atoms with van der Waals surface area (Å²) in [6.45, 7) is 4.96. The van der Waals surface area contributed by atoms with Crippen LogP contribution < -0.4 is 0 Å². The van der Waals surface area contributed by atoms with Crippen LogP contribution in [0.15, 0.2) is 18.2 Å². The highest BCUT2D eigenvalue weighted by Gasteiger charge is 2.33. The Balaban J connectivity index is 2.16. The van der Waals surface area contributed by atoms with E-state index in [4.69, 9.17) is 11.6 Å². The lowest BCUT2D eigenvalue weighted by molar-refractivity contribution is -0.384. The summed E-state index contributed by atoms with van der Waals surface area (Å²) < 4.78 is 0. The van der Waals surface area contributed by atoms with Gasteiger partial charge in [0.15, 0.2) is 0 Å². The van der Waals surface area contributed by atoms with Crippen molar-refractivity contribution in [3.8, 4) is 0 Å². The molecule has 0 spiro atoms. The van der Waals surface area contributed by atoms with E-state index in [2.05, 4.69) is 13.8 Å². The van der Waals surface area contributed by atoms with Gasteiger partial charge in [-0.1, -0.05) is 25.4 Å². The van der Waals surface area contributed by atoms with Gasteiger partial charge < -0.3 is 4.90 Å². The zero-order valence-electron chi connectivity index (χ0n) is 12.2. The lowest BCUT2D eigenvalue weighted by Crippen LogP contribution is -2.34. The van der Waals surface area contributed by atoms with E-state index in [9.17, 15) is 14.9 Å². The number of halogens is 1. The Morgan fingerprint density at radius 1 is 1.48 bits per heavy atom. The molecular weight excluding hydrogens is 292 g/mol. The first kappa shape index (κ1) is 15.8. The molecule has 1 aromatic rings. The second-order valence-electron chi connectivity index (χ2n) is 5.84. The number of benzene rings is 1. The maximum Gasteiger partial charge on any atom is 0.287 e. The van der Waals surface area contributed by atoms with Gasteiger partial charge in [0.1, 0.15) is 5.02 Å². The molecule has 114 valence electrons. The highest BCUT2D eigenvalue weighted by molar-refractivity contribution is 6.33. The van der Waals surface area contributed by atoms with E-state index < -0.39 is 4.92 Å². The Kier molecular flexibility index (Phi) is 4.83. The third-order valence-corrected chi connectivity index (χ3v) is 3.89. The van der Waals surface area contributed by atoms with Gasteiger partial charge in [0.05, 0.1) is 4.92 Å². The zero-order chi connectivity index (χ0) is 15.6. The van der Waals surface area contributed by atoms with Gasteiger partial charge in [0.2, 0.25) is 0 Å². The lowest BCUT2D eigenvalue weighted by atomic mass is 10.1.